The lowest BCUT2D eigenvalue weighted by molar-refractivity contribution is 0.00628. The number of hydrogen-bond donors (Lipinski definition) is 1. The number of rotatable bonds is 5. The highest BCUT2D eigenvalue weighted by Crippen LogP contribution is 2.20. The van der Waals surface area contributed by atoms with Crippen LogP contribution in [0.2, 0.25) is 0 Å². The molecule has 100 valence electrons. The van der Waals surface area contributed by atoms with E-state index in [0.29, 0.717) is 12.2 Å². The summed E-state index contributed by atoms with van der Waals surface area (Å²) in [6.07, 6.45) is 0. The monoisotopic (exact) mass is 323 g/mol. The first-order chi connectivity index (χ1) is 9.16. The highest BCUT2D eigenvalue weighted by atomic mass is 79.9. The van der Waals surface area contributed by atoms with E-state index in [4.69, 9.17) is 4.84 Å². The van der Waals surface area contributed by atoms with Crippen LogP contribution in [0.5, 0.6) is 0 Å². The van der Waals surface area contributed by atoms with Gasteiger partial charge in [-0.15, -0.1) is 0 Å². The normalized spacial score (nSPS) is 12.4. The van der Waals surface area contributed by atoms with Crippen molar-refractivity contribution in [2.24, 2.45) is 0 Å². The van der Waals surface area contributed by atoms with E-state index in [9.17, 15) is 4.39 Å². The molecule has 0 heterocycles. The highest BCUT2D eigenvalue weighted by molar-refractivity contribution is 9.10. The molecule has 2 rings (SSSR count). The van der Waals surface area contributed by atoms with Crippen molar-refractivity contribution in [2.75, 3.05) is 0 Å². The first-order valence-corrected chi connectivity index (χ1v) is 6.82. The van der Waals surface area contributed by atoms with Gasteiger partial charge in [-0.3, -0.25) is 4.84 Å². The smallest absolute Gasteiger partial charge is 0.129 e. The zero-order valence-electron chi connectivity index (χ0n) is 10.6. The number of nitrogens with one attached hydrogen (secondary N) is 1. The minimum atomic E-state index is -0.252. The van der Waals surface area contributed by atoms with Crippen LogP contribution in [0.3, 0.4) is 0 Å². The fourth-order valence-corrected chi connectivity index (χ4v) is 2.07. The molecule has 1 unspecified atom stereocenters. The van der Waals surface area contributed by atoms with Gasteiger partial charge < -0.3 is 0 Å². The summed E-state index contributed by atoms with van der Waals surface area (Å²) in [5, 5.41) is 0. The molecule has 0 aliphatic heterocycles. The second kappa shape index (κ2) is 6.80. The third kappa shape index (κ3) is 4.13. The molecule has 0 saturated heterocycles. The first-order valence-electron chi connectivity index (χ1n) is 6.03. The molecule has 2 aromatic rings. The summed E-state index contributed by atoms with van der Waals surface area (Å²) in [6, 6.07) is 14.6. The van der Waals surface area contributed by atoms with Crippen LogP contribution in [0.4, 0.5) is 4.39 Å². The summed E-state index contributed by atoms with van der Waals surface area (Å²) in [5.74, 6) is -0.252. The lowest BCUT2D eigenvalue weighted by atomic mass is 10.1. The predicted molar refractivity (Wildman–Crippen MR) is 76.9 cm³/mol. The number of hydrogen-bond acceptors (Lipinski definition) is 2. The molecule has 0 amide bonds. The van der Waals surface area contributed by atoms with Crippen molar-refractivity contribution < 1.29 is 9.23 Å². The average Bonchev–Trinajstić information content (AvgIpc) is 2.39. The van der Waals surface area contributed by atoms with Gasteiger partial charge in [0.1, 0.15) is 5.82 Å². The molecule has 0 spiro atoms. The summed E-state index contributed by atoms with van der Waals surface area (Å²) in [7, 11) is 0. The minimum absolute atomic E-state index is 0.211. The van der Waals surface area contributed by atoms with Gasteiger partial charge in [0.25, 0.3) is 0 Å². The lowest BCUT2D eigenvalue weighted by Gasteiger charge is -2.15. The third-order valence-corrected chi connectivity index (χ3v) is 3.26. The summed E-state index contributed by atoms with van der Waals surface area (Å²) < 4.78 is 14.5. The van der Waals surface area contributed by atoms with E-state index in [1.165, 1.54) is 6.07 Å². The zero-order chi connectivity index (χ0) is 13.7. The van der Waals surface area contributed by atoms with Gasteiger partial charge in [0.05, 0.1) is 12.6 Å². The van der Waals surface area contributed by atoms with E-state index in [-0.39, 0.29) is 11.9 Å². The Labute approximate surface area is 120 Å². The average molecular weight is 324 g/mol. The van der Waals surface area contributed by atoms with Crippen molar-refractivity contribution in [3.8, 4) is 0 Å². The van der Waals surface area contributed by atoms with Crippen molar-refractivity contribution in [3.63, 3.8) is 0 Å². The van der Waals surface area contributed by atoms with E-state index in [0.717, 1.165) is 10.0 Å². The first kappa shape index (κ1) is 14.2. The van der Waals surface area contributed by atoms with Crippen LogP contribution in [0.25, 0.3) is 0 Å². The van der Waals surface area contributed by atoms with Gasteiger partial charge in [-0.25, -0.2) is 4.39 Å². The van der Waals surface area contributed by atoms with E-state index in [1.54, 1.807) is 6.07 Å². The second-order valence-electron chi connectivity index (χ2n) is 4.28. The van der Waals surface area contributed by atoms with Crippen LogP contribution >= 0.6 is 15.9 Å². The fraction of sp³-hybridized carbons (Fsp3) is 0.200. The minimum Gasteiger partial charge on any atom is -0.296 e. The Kier molecular flexibility index (Phi) is 5.07. The molecular formula is C15H15BrFNO. The molecule has 0 aromatic heterocycles. The van der Waals surface area contributed by atoms with Crippen LogP contribution in [0, 0.1) is 5.82 Å². The Morgan fingerprint density at radius 1 is 1.21 bits per heavy atom. The van der Waals surface area contributed by atoms with Gasteiger partial charge in [-0.2, -0.15) is 5.48 Å². The quantitative estimate of drug-likeness (QED) is 0.825. The van der Waals surface area contributed by atoms with Crippen molar-refractivity contribution in [1.82, 2.24) is 5.48 Å². The van der Waals surface area contributed by atoms with Gasteiger partial charge in [0, 0.05) is 10.0 Å². The fourth-order valence-electron chi connectivity index (χ4n) is 1.74. The maximum atomic E-state index is 13.7. The van der Waals surface area contributed by atoms with Gasteiger partial charge in [0.2, 0.25) is 0 Å². The Morgan fingerprint density at radius 3 is 2.63 bits per heavy atom. The molecule has 19 heavy (non-hydrogen) atoms. The second-order valence-corrected chi connectivity index (χ2v) is 5.20. The lowest BCUT2D eigenvalue weighted by Crippen LogP contribution is -2.20. The van der Waals surface area contributed by atoms with Crippen LogP contribution < -0.4 is 5.48 Å². The summed E-state index contributed by atoms with van der Waals surface area (Å²) in [4.78, 5) is 5.39. The summed E-state index contributed by atoms with van der Waals surface area (Å²) in [5.41, 5.74) is 4.50. The predicted octanol–water partition coefficient (Wildman–Crippen LogP) is 4.37. The van der Waals surface area contributed by atoms with Crippen molar-refractivity contribution in [1.29, 1.82) is 0 Å². The Morgan fingerprint density at radius 2 is 1.95 bits per heavy atom. The summed E-state index contributed by atoms with van der Waals surface area (Å²) >= 11 is 3.24. The molecule has 2 nitrogen and oxygen atoms in total. The van der Waals surface area contributed by atoms with Gasteiger partial charge in [-0.05, 0) is 24.6 Å². The SMILES string of the molecule is CC(NOCc1ccccc1)c1ccc(Br)cc1F. The molecule has 4 heteroatoms. The standard InChI is InChI=1S/C15H15BrFNO/c1-11(14-8-7-13(16)9-15(14)17)18-19-10-12-5-3-2-4-6-12/h2-9,11,18H,10H2,1H3. The Balaban J connectivity index is 1.89. The molecule has 0 aliphatic carbocycles. The third-order valence-electron chi connectivity index (χ3n) is 2.77. The van der Waals surface area contributed by atoms with E-state index < -0.39 is 0 Å². The molecule has 2 aromatic carbocycles. The van der Waals surface area contributed by atoms with Crippen molar-refractivity contribution >= 4 is 15.9 Å². The van der Waals surface area contributed by atoms with Crippen LogP contribution in [0.15, 0.2) is 53.0 Å². The number of hydroxylamine groups is 1. The van der Waals surface area contributed by atoms with E-state index in [1.807, 2.05) is 43.3 Å². The number of benzene rings is 2. The number of halogens is 2. The van der Waals surface area contributed by atoms with Crippen molar-refractivity contribution in [3.05, 3.63) is 69.9 Å². The Hall–Kier alpha value is -1.23. The largest absolute Gasteiger partial charge is 0.296 e. The highest BCUT2D eigenvalue weighted by Gasteiger charge is 2.10. The van der Waals surface area contributed by atoms with Gasteiger partial charge in [0.15, 0.2) is 0 Å². The van der Waals surface area contributed by atoms with Crippen molar-refractivity contribution in [2.45, 2.75) is 19.6 Å². The molecule has 0 saturated carbocycles. The molecule has 1 N–H and O–H groups in total. The molecule has 1 atom stereocenters. The maximum absolute atomic E-state index is 13.7. The van der Waals surface area contributed by atoms with Gasteiger partial charge >= 0.3 is 0 Å². The Bertz CT molecular complexity index is 533. The molecule has 0 fully saturated rings. The molecule has 0 aliphatic rings. The zero-order valence-corrected chi connectivity index (χ0v) is 12.2. The maximum Gasteiger partial charge on any atom is 0.129 e. The topological polar surface area (TPSA) is 21.3 Å². The van der Waals surface area contributed by atoms with Crippen LogP contribution in [-0.4, -0.2) is 0 Å². The van der Waals surface area contributed by atoms with Gasteiger partial charge in [-0.1, -0.05) is 52.3 Å². The van der Waals surface area contributed by atoms with Crippen LogP contribution in [-0.2, 0) is 11.4 Å². The van der Waals surface area contributed by atoms with Crippen LogP contribution in [0.1, 0.15) is 24.1 Å². The summed E-state index contributed by atoms with van der Waals surface area (Å²) in [6.45, 7) is 2.31. The van der Waals surface area contributed by atoms with E-state index >= 15 is 0 Å². The molecular weight excluding hydrogens is 309 g/mol. The molecule has 0 bridgehead atoms. The van der Waals surface area contributed by atoms with E-state index in [2.05, 4.69) is 21.4 Å². The molecule has 0 radical (unpaired) electrons.